The molecule has 154 valence electrons. The highest BCUT2D eigenvalue weighted by atomic mass is 32.2. The van der Waals surface area contributed by atoms with E-state index < -0.39 is 17.3 Å². The van der Waals surface area contributed by atoms with Crippen molar-refractivity contribution in [3.05, 3.63) is 70.8 Å². The van der Waals surface area contributed by atoms with Crippen molar-refractivity contribution in [3.8, 4) is 0 Å². The molecule has 0 unspecified atom stereocenters. The van der Waals surface area contributed by atoms with Crippen molar-refractivity contribution in [2.24, 2.45) is 0 Å². The molecule has 2 saturated heterocycles. The first-order chi connectivity index (χ1) is 13.8. The molecule has 0 saturated carbocycles. The zero-order valence-corrected chi connectivity index (χ0v) is 16.6. The van der Waals surface area contributed by atoms with E-state index in [4.69, 9.17) is 0 Å². The molecule has 0 bridgehead atoms. The number of thioether (sulfide) groups is 1. The second-order valence-electron chi connectivity index (χ2n) is 7.79. The van der Waals surface area contributed by atoms with Crippen LogP contribution in [0, 0.1) is 0 Å². The largest absolute Gasteiger partial charge is 0.416 e. The molecule has 4 rings (SSSR count). The SMILES string of the molecule is O=C(c1ccc(C2(O)CSC2)cc1)N1CCC(c2ccc(C(F)(F)F)cc2)CC1. The molecule has 1 N–H and O–H groups in total. The predicted molar refractivity (Wildman–Crippen MR) is 107 cm³/mol. The number of piperidine rings is 1. The lowest BCUT2D eigenvalue weighted by Gasteiger charge is -2.36. The first kappa shape index (κ1) is 20.3. The number of alkyl halides is 3. The zero-order valence-electron chi connectivity index (χ0n) is 15.8. The van der Waals surface area contributed by atoms with Gasteiger partial charge in [-0.15, -0.1) is 0 Å². The van der Waals surface area contributed by atoms with E-state index >= 15 is 0 Å². The number of carbonyl (C=O) groups excluding carboxylic acids is 1. The van der Waals surface area contributed by atoms with Crippen LogP contribution in [0.25, 0.3) is 0 Å². The van der Waals surface area contributed by atoms with E-state index in [1.165, 1.54) is 0 Å². The second kappa shape index (κ2) is 7.69. The summed E-state index contributed by atoms with van der Waals surface area (Å²) in [6.07, 6.45) is -2.87. The molecule has 0 radical (unpaired) electrons. The monoisotopic (exact) mass is 421 g/mol. The molecule has 2 fully saturated rings. The van der Waals surface area contributed by atoms with Gasteiger partial charge in [-0.25, -0.2) is 0 Å². The van der Waals surface area contributed by atoms with Crippen LogP contribution in [0.3, 0.4) is 0 Å². The fourth-order valence-corrected chi connectivity index (χ4v) is 4.85. The zero-order chi connectivity index (χ0) is 20.6. The molecule has 29 heavy (non-hydrogen) atoms. The maximum absolute atomic E-state index is 12.8. The van der Waals surface area contributed by atoms with Gasteiger partial charge in [0.15, 0.2) is 0 Å². The van der Waals surface area contributed by atoms with Gasteiger partial charge in [-0.05, 0) is 54.2 Å². The fraction of sp³-hybridized carbons (Fsp3) is 0.409. The van der Waals surface area contributed by atoms with Crippen LogP contribution in [0.15, 0.2) is 48.5 Å². The average Bonchev–Trinajstić information content (AvgIpc) is 2.71. The highest BCUT2D eigenvalue weighted by Crippen LogP contribution is 2.38. The smallest absolute Gasteiger partial charge is 0.383 e. The van der Waals surface area contributed by atoms with Crippen LogP contribution in [0.5, 0.6) is 0 Å². The third-order valence-electron chi connectivity index (χ3n) is 5.84. The molecule has 3 nitrogen and oxygen atoms in total. The van der Waals surface area contributed by atoms with Crippen LogP contribution < -0.4 is 0 Å². The third kappa shape index (κ3) is 4.16. The van der Waals surface area contributed by atoms with E-state index in [1.807, 2.05) is 12.1 Å². The number of carbonyl (C=O) groups is 1. The number of aliphatic hydroxyl groups is 1. The topological polar surface area (TPSA) is 40.5 Å². The van der Waals surface area contributed by atoms with Crippen LogP contribution in [-0.2, 0) is 11.8 Å². The molecule has 0 aliphatic carbocycles. The van der Waals surface area contributed by atoms with Crippen LogP contribution in [0.2, 0.25) is 0 Å². The van der Waals surface area contributed by atoms with Crippen molar-refractivity contribution in [2.75, 3.05) is 24.6 Å². The van der Waals surface area contributed by atoms with Crippen molar-refractivity contribution in [2.45, 2.75) is 30.5 Å². The van der Waals surface area contributed by atoms with Crippen LogP contribution >= 0.6 is 11.8 Å². The summed E-state index contributed by atoms with van der Waals surface area (Å²) >= 11 is 1.69. The Hall–Kier alpha value is -1.99. The van der Waals surface area contributed by atoms with E-state index in [1.54, 1.807) is 40.9 Å². The van der Waals surface area contributed by atoms with Crippen molar-refractivity contribution in [1.29, 1.82) is 0 Å². The molecule has 1 amide bonds. The third-order valence-corrected chi connectivity index (χ3v) is 7.21. The lowest BCUT2D eigenvalue weighted by atomic mass is 9.88. The van der Waals surface area contributed by atoms with E-state index in [-0.39, 0.29) is 11.8 Å². The van der Waals surface area contributed by atoms with Crippen molar-refractivity contribution >= 4 is 17.7 Å². The minimum atomic E-state index is -4.32. The fourth-order valence-electron chi connectivity index (χ4n) is 3.93. The normalized spacial score (nSPS) is 19.7. The summed E-state index contributed by atoms with van der Waals surface area (Å²) < 4.78 is 38.2. The minimum Gasteiger partial charge on any atom is -0.383 e. The number of hydrogen-bond donors (Lipinski definition) is 1. The Morgan fingerprint density at radius 2 is 1.59 bits per heavy atom. The molecule has 2 aliphatic heterocycles. The highest BCUT2D eigenvalue weighted by molar-refractivity contribution is 8.00. The minimum absolute atomic E-state index is 0.0441. The van der Waals surface area contributed by atoms with Crippen LogP contribution in [0.4, 0.5) is 13.2 Å². The Bertz CT molecular complexity index is 868. The maximum Gasteiger partial charge on any atom is 0.416 e. The molecule has 2 aliphatic rings. The van der Waals surface area contributed by atoms with E-state index in [0.29, 0.717) is 30.2 Å². The number of likely N-dealkylation sites (tertiary alicyclic amines) is 1. The van der Waals surface area contributed by atoms with Gasteiger partial charge in [0.2, 0.25) is 0 Å². The molecule has 7 heteroatoms. The Balaban J connectivity index is 1.36. The quantitative estimate of drug-likeness (QED) is 0.784. The lowest BCUT2D eigenvalue weighted by molar-refractivity contribution is -0.137. The second-order valence-corrected chi connectivity index (χ2v) is 8.77. The van der Waals surface area contributed by atoms with E-state index in [2.05, 4.69) is 0 Å². The maximum atomic E-state index is 12.8. The summed E-state index contributed by atoms with van der Waals surface area (Å²) in [7, 11) is 0. The summed E-state index contributed by atoms with van der Waals surface area (Å²) in [5, 5.41) is 10.4. The Kier molecular flexibility index (Phi) is 5.38. The summed E-state index contributed by atoms with van der Waals surface area (Å²) in [6.45, 7) is 1.15. The standard InChI is InChI=1S/C22H22F3NO2S/c23-22(24,25)19-7-1-15(2-8-19)16-9-11-26(12-10-16)20(27)17-3-5-18(6-4-17)21(28)13-29-14-21/h1-8,16,28H,9-14H2. The van der Waals surface area contributed by atoms with Gasteiger partial charge >= 0.3 is 6.18 Å². The van der Waals surface area contributed by atoms with Gasteiger partial charge in [-0.3, -0.25) is 4.79 Å². The average molecular weight is 421 g/mol. The molecule has 0 spiro atoms. The van der Waals surface area contributed by atoms with Gasteiger partial charge in [-0.1, -0.05) is 24.3 Å². The summed E-state index contributed by atoms with van der Waals surface area (Å²) in [5.74, 6) is 1.47. The van der Waals surface area contributed by atoms with Crippen molar-refractivity contribution in [1.82, 2.24) is 4.90 Å². The van der Waals surface area contributed by atoms with Crippen LogP contribution in [0.1, 0.15) is 45.8 Å². The molecular formula is C22H22F3NO2S. The number of nitrogens with zero attached hydrogens (tertiary/aromatic N) is 1. The van der Waals surface area contributed by atoms with E-state index in [9.17, 15) is 23.1 Å². The number of benzene rings is 2. The Morgan fingerprint density at radius 1 is 1.00 bits per heavy atom. The highest BCUT2D eigenvalue weighted by Gasteiger charge is 2.37. The van der Waals surface area contributed by atoms with Gasteiger partial charge in [0.05, 0.1) is 5.56 Å². The van der Waals surface area contributed by atoms with Gasteiger partial charge in [0.1, 0.15) is 5.60 Å². The van der Waals surface area contributed by atoms with E-state index in [0.717, 1.165) is 36.1 Å². The molecule has 0 aromatic heterocycles. The van der Waals surface area contributed by atoms with Gasteiger partial charge in [0, 0.05) is 30.2 Å². The summed E-state index contributed by atoms with van der Waals surface area (Å²) in [5.41, 5.74) is 0.918. The summed E-state index contributed by atoms with van der Waals surface area (Å²) in [6, 6.07) is 12.5. The van der Waals surface area contributed by atoms with Gasteiger partial charge in [0.25, 0.3) is 5.91 Å². The number of hydrogen-bond acceptors (Lipinski definition) is 3. The first-order valence-corrected chi connectivity index (χ1v) is 10.8. The molecule has 2 heterocycles. The van der Waals surface area contributed by atoms with Crippen LogP contribution in [-0.4, -0.2) is 40.5 Å². The Labute approximate surface area is 171 Å². The summed E-state index contributed by atoms with van der Waals surface area (Å²) in [4.78, 5) is 14.6. The number of amides is 1. The van der Waals surface area contributed by atoms with Gasteiger partial charge in [-0.2, -0.15) is 24.9 Å². The van der Waals surface area contributed by atoms with Crippen molar-refractivity contribution in [3.63, 3.8) is 0 Å². The lowest BCUT2D eigenvalue weighted by Crippen LogP contribution is -2.40. The molecular weight excluding hydrogens is 399 g/mol. The first-order valence-electron chi connectivity index (χ1n) is 9.63. The van der Waals surface area contributed by atoms with Gasteiger partial charge < -0.3 is 10.0 Å². The molecule has 2 aromatic rings. The molecule has 0 atom stereocenters. The molecule has 2 aromatic carbocycles. The van der Waals surface area contributed by atoms with Crippen molar-refractivity contribution < 1.29 is 23.1 Å². The predicted octanol–water partition coefficient (Wildman–Crippen LogP) is 4.66. The number of rotatable bonds is 3. The Morgan fingerprint density at radius 3 is 2.07 bits per heavy atom. The number of halogens is 3.